The fourth-order valence-corrected chi connectivity index (χ4v) is 9.93. The molecule has 12 rings (SSSR count). The van der Waals surface area contributed by atoms with Crippen molar-refractivity contribution in [3.8, 4) is 67.3 Å². The molecule has 0 saturated heterocycles. The zero-order chi connectivity index (χ0) is 40.7. The van der Waals surface area contributed by atoms with Gasteiger partial charge in [-0.1, -0.05) is 172 Å². The van der Waals surface area contributed by atoms with E-state index in [9.17, 15) is 0 Å². The van der Waals surface area contributed by atoms with Gasteiger partial charge < -0.3 is 0 Å². The maximum Gasteiger partial charge on any atom is 0.160 e. The molecule has 0 radical (unpaired) electrons. The van der Waals surface area contributed by atoms with Gasteiger partial charge in [0.2, 0.25) is 0 Å². The highest BCUT2D eigenvalue weighted by molar-refractivity contribution is 6.33. The average Bonchev–Trinajstić information content (AvgIpc) is 3.56. The third-order valence-electron chi connectivity index (χ3n) is 13.0. The zero-order valence-corrected chi connectivity index (χ0v) is 33.9. The van der Waals surface area contributed by atoms with Crippen molar-refractivity contribution in [2.24, 2.45) is 0 Å². The van der Waals surface area contributed by atoms with Crippen LogP contribution in [0.1, 0.15) is 25.0 Å². The molecule has 61 heavy (non-hydrogen) atoms. The van der Waals surface area contributed by atoms with Crippen LogP contribution in [-0.4, -0.2) is 15.0 Å². The van der Waals surface area contributed by atoms with Crippen LogP contribution in [0.15, 0.2) is 200 Å². The summed E-state index contributed by atoms with van der Waals surface area (Å²) >= 11 is 0. The van der Waals surface area contributed by atoms with E-state index < -0.39 is 0 Å². The van der Waals surface area contributed by atoms with Gasteiger partial charge in [0.05, 0.1) is 11.4 Å². The molecule has 0 bridgehead atoms. The van der Waals surface area contributed by atoms with E-state index in [4.69, 9.17) is 9.97 Å². The molecule has 2 heterocycles. The predicted octanol–water partition coefficient (Wildman–Crippen LogP) is 15.1. The summed E-state index contributed by atoms with van der Waals surface area (Å²) in [5.74, 6) is 0.684. The van der Waals surface area contributed by atoms with Crippen molar-refractivity contribution in [2.45, 2.75) is 19.3 Å². The predicted molar refractivity (Wildman–Crippen MR) is 255 cm³/mol. The SMILES string of the molecule is CC1(C)c2ccccc2-c2ccc(-c3ccc(-c4nc(-c5cccc(-c6cccnc6)c5)cc(-c5cc6c7ccccc7c7ccccc7c6c6ccccc56)n4)cc3)cc21. The topological polar surface area (TPSA) is 38.7 Å². The van der Waals surface area contributed by atoms with Crippen LogP contribution in [0.25, 0.3) is 110 Å². The van der Waals surface area contributed by atoms with Crippen molar-refractivity contribution in [3.05, 3.63) is 212 Å². The first kappa shape index (κ1) is 35.2. The normalized spacial score (nSPS) is 12.9. The maximum atomic E-state index is 5.45. The first-order valence-electron chi connectivity index (χ1n) is 21.0. The van der Waals surface area contributed by atoms with Gasteiger partial charge in [-0.15, -0.1) is 0 Å². The van der Waals surface area contributed by atoms with Crippen LogP contribution >= 0.6 is 0 Å². The van der Waals surface area contributed by atoms with E-state index in [1.807, 2.05) is 18.5 Å². The Balaban J connectivity index is 1.05. The molecule has 0 amide bonds. The molecule has 0 N–H and O–H groups in total. The van der Waals surface area contributed by atoms with Crippen molar-refractivity contribution >= 4 is 43.1 Å². The molecule has 2 aromatic heterocycles. The Kier molecular flexibility index (Phi) is 7.88. The Hall–Kier alpha value is -7.75. The quantitative estimate of drug-likeness (QED) is 0.163. The molecule has 0 spiro atoms. The van der Waals surface area contributed by atoms with Crippen molar-refractivity contribution in [2.75, 3.05) is 0 Å². The molecule has 0 saturated carbocycles. The molecule has 9 aromatic carbocycles. The first-order valence-corrected chi connectivity index (χ1v) is 21.0. The van der Waals surface area contributed by atoms with Gasteiger partial charge in [-0.05, 0) is 112 Å². The van der Waals surface area contributed by atoms with Crippen molar-refractivity contribution < 1.29 is 0 Å². The van der Waals surface area contributed by atoms with Crippen LogP contribution in [-0.2, 0) is 5.41 Å². The number of nitrogens with zero attached hydrogens (tertiary/aromatic N) is 3. The van der Waals surface area contributed by atoms with Crippen LogP contribution in [0.5, 0.6) is 0 Å². The van der Waals surface area contributed by atoms with E-state index in [1.165, 1.54) is 71.1 Å². The number of hydrogen-bond acceptors (Lipinski definition) is 3. The molecule has 1 aliphatic carbocycles. The lowest BCUT2D eigenvalue weighted by molar-refractivity contribution is 0.660. The van der Waals surface area contributed by atoms with Crippen LogP contribution in [0.4, 0.5) is 0 Å². The van der Waals surface area contributed by atoms with Crippen molar-refractivity contribution in [3.63, 3.8) is 0 Å². The molecule has 0 fully saturated rings. The van der Waals surface area contributed by atoms with Gasteiger partial charge in [0, 0.05) is 40.1 Å². The minimum absolute atomic E-state index is 0.0623. The summed E-state index contributed by atoms with van der Waals surface area (Å²) in [6.45, 7) is 4.67. The Morgan fingerprint density at radius 2 is 0.918 bits per heavy atom. The Labute approximate surface area is 354 Å². The molecular formula is C58H39N3. The lowest BCUT2D eigenvalue weighted by Crippen LogP contribution is -2.14. The largest absolute Gasteiger partial charge is 0.264 e. The van der Waals surface area contributed by atoms with Gasteiger partial charge in [0.15, 0.2) is 5.82 Å². The number of pyridine rings is 1. The molecule has 286 valence electrons. The first-order chi connectivity index (χ1) is 30.0. The second-order valence-electron chi connectivity index (χ2n) is 16.8. The number of benzene rings is 9. The molecule has 11 aromatic rings. The van der Waals surface area contributed by atoms with Gasteiger partial charge in [-0.3, -0.25) is 4.98 Å². The second kappa shape index (κ2) is 13.7. The molecule has 1 aliphatic rings. The summed E-state index contributed by atoms with van der Waals surface area (Å²) in [7, 11) is 0. The summed E-state index contributed by atoms with van der Waals surface area (Å²) < 4.78 is 0. The lowest BCUT2D eigenvalue weighted by atomic mass is 9.81. The number of aromatic nitrogens is 3. The molecule has 3 heteroatoms. The zero-order valence-electron chi connectivity index (χ0n) is 33.9. The van der Waals surface area contributed by atoms with E-state index in [1.54, 1.807) is 0 Å². The van der Waals surface area contributed by atoms with Crippen LogP contribution in [0, 0.1) is 0 Å². The monoisotopic (exact) mass is 777 g/mol. The van der Waals surface area contributed by atoms with E-state index in [-0.39, 0.29) is 5.41 Å². The highest BCUT2D eigenvalue weighted by Crippen LogP contribution is 2.50. The average molecular weight is 778 g/mol. The van der Waals surface area contributed by atoms with E-state index >= 15 is 0 Å². The Morgan fingerprint density at radius 3 is 1.69 bits per heavy atom. The number of rotatable bonds is 5. The summed E-state index contributed by atoms with van der Waals surface area (Å²) in [6.07, 6.45) is 3.72. The highest BCUT2D eigenvalue weighted by Gasteiger charge is 2.35. The van der Waals surface area contributed by atoms with Crippen LogP contribution in [0.3, 0.4) is 0 Å². The maximum absolute atomic E-state index is 5.45. The fraction of sp³-hybridized carbons (Fsp3) is 0.0517. The third kappa shape index (κ3) is 5.62. The summed E-state index contributed by atoms with van der Waals surface area (Å²) in [6, 6.07) is 68.1. The van der Waals surface area contributed by atoms with Crippen molar-refractivity contribution in [1.29, 1.82) is 0 Å². The summed E-state index contributed by atoms with van der Waals surface area (Å²) in [5, 5.41) is 9.85. The molecule has 0 atom stereocenters. The van der Waals surface area contributed by atoms with E-state index in [2.05, 4.69) is 201 Å². The minimum atomic E-state index is -0.0623. The van der Waals surface area contributed by atoms with Gasteiger partial charge >= 0.3 is 0 Å². The standard InChI is InChI=1S/C58H39N3/c1-58(2)52-23-10-9-20-46(52)47-29-28-39(32-53(47)58)36-24-26-37(27-25-36)57-60-54(40-14-11-13-38(31-40)41-15-12-30-59-35-41)34-55(61-57)50-33-51-44-18-4-3-16-42(44)43-17-5-7-21-48(43)56(51)49-22-8-6-19-45(49)50/h3-35H,1-2H3. The fourth-order valence-electron chi connectivity index (χ4n) is 9.93. The van der Waals surface area contributed by atoms with Gasteiger partial charge in [-0.2, -0.15) is 0 Å². The van der Waals surface area contributed by atoms with Gasteiger partial charge in [0.25, 0.3) is 0 Å². The van der Waals surface area contributed by atoms with Gasteiger partial charge in [-0.25, -0.2) is 9.97 Å². The molecule has 0 unspecified atom stereocenters. The van der Waals surface area contributed by atoms with Crippen molar-refractivity contribution in [1.82, 2.24) is 15.0 Å². The Bertz CT molecular complexity index is 3550. The van der Waals surface area contributed by atoms with E-state index in [0.29, 0.717) is 5.82 Å². The summed E-state index contributed by atoms with van der Waals surface area (Å²) in [4.78, 5) is 15.2. The lowest BCUT2D eigenvalue weighted by Gasteiger charge is -2.22. The Morgan fingerprint density at radius 1 is 0.344 bits per heavy atom. The van der Waals surface area contributed by atoms with Crippen LogP contribution < -0.4 is 0 Å². The molecule has 0 aliphatic heterocycles. The van der Waals surface area contributed by atoms with Crippen LogP contribution in [0.2, 0.25) is 0 Å². The highest BCUT2D eigenvalue weighted by atomic mass is 14.9. The number of fused-ring (bicyclic) bond motifs is 11. The third-order valence-corrected chi connectivity index (χ3v) is 13.0. The number of hydrogen-bond donors (Lipinski definition) is 0. The second-order valence-corrected chi connectivity index (χ2v) is 16.8. The molecular weight excluding hydrogens is 739 g/mol. The van der Waals surface area contributed by atoms with Gasteiger partial charge in [0.1, 0.15) is 0 Å². The minimum Gasteiger partial charge on any atom is -0.264 e. The smallest absolute Gasteiger partial charge is 0.160 e. The molecule has 3 nitrogen and oxygen atoms in total. The summed E-state index contributed by atoms with van der Waals surface area (Å²) in [5.41, 5.74) is 14.7. The van der Waals surface area contributed by atoms with E-state index in [0.717, 1.165) is 44.6 Å².